The lowest BCUT2D eigenvalue weighted by Crippen LogP contribution is -1.96. The van der Waals surface area contributed by atoms with Gasteiger partial charge >= 0.3 is 0 Å². The quantitative estimate of drug-likeness (QED) is 0.697. The van der Waals surface area contributed by atoms with Gasteiger partial charge in [0.2, 0.25) is 0 Å². The number of nitrogens with zero attached hydrogens (tertiary/aromatic N) is 2. The van der Waals surface area contributed by atoms with E-state index >= 15 is 0 Å². The first-order chi connectivity index (χ1) is 5.09. The number of hydrogen-bond donors (Lipinski definition) is 1. The predicted octanol–water partition coefficient (Wildman–Crippen LogP) is 1.32. The Kier molecular flexibility index (Phi) is 2.17. The van der Waals surface area contributed by atoms with E-state index < -0.39 is 0 Å². The molecule has 0 spiro atoms. The molecular formula is C8H14N2O. The molecule has 0 radical (unpaired) electrons. The highest BCUT2D eigenvalue weighted by molar-refractivity contribution is 5.22. The minimum Gasteiger partial charge on any atom is -0.504 e. The summed E-state index contributed by atoms with van der Waals surface area (Å²) in [6.07, 6.45) is 2.46. The van der Waals surface area contributed by atoms with Gasteiger partial charge in [-0.05, 0) is 12.3 Å². The molecule has 62 valence electrons. The van der Waals surface area contributed by atoms with Crippen molar-refractivity contribution >= 4 is 0 Å². The molecule has 1 aromatic heterocycles. The zero-order valence-electron chi connectivity index (χ0n) is 7.20. The Morgan fingerprint density at radius 2 is 2.27 bits per heavy atom. The highest BCUT2D eigenvalue weighted by Gasteiger charge is 2.06. The average molecular weight is 154 g/mol. The maximum absolute atomic E-state index is 9.30. The molecule has 0 aromatic carbocycles. The molecule has 11 heavy (non-hydrogen) atoms. The Morgan fingerprint density at radius 3 is 2.64 bits per heavy atom. The van der Waals surface area contributed by atoms with Crippen LogP contribution in [0.25, 0.3) is 0 Å². The molecule has 1 rings (SSSR count). The van der Waals surface area contributed by atoms with Gasteiger partial charge < -0.3 is 5.11 Å². The predicted molar refractivity (Wildman–Crippen MR) is 43.4 cm³/mol. The largest absolute Gasteiger partial charge is 0.504 e. The second-order valence-electron chi connectivity index (χ2n) is 3.23. The van der Waals surface area contributed by atoms with Crippen molar-refractivity contribution in [2.24, 2.45) is 13.0 Å². The molecular weight excluding hydrogens is 140 g/mol. The van der Waals surface area contributed by atoms with E-state index in [4.69, 9.17) is 0 Å². The summed E-state index contributed by atoms with van der Waals surface area (Å²) in [6, 6.07) is 0. The Labute approximate surface area is 66.7 Å². The van der Waals surface area contributed by atoms with E-state index in [0.29, 0.717) is 11.7 Å². The fourth-order valence-electron chi connectivity index (χ4n) is 1.05. The molecule has 3 nitrogen and oxygen atoms in total. The standard InChI is InChI=1S/C8H14N2O/c1-6(2)4-7-8(11)5-10(3)9-7/h5-6,11H,4H2,1-3H3. The van der Waals surface area contributed by atoms with Gasteiger partial charge in [-0.2, -0.15) is 5.10 Å². The zero-order chi connectivity index (χ0) is 8.43. The SMILES string of the molecule is CC(C)Cc1nn(C)cc1O. The van der Waals surface area contributed by atoms with Gasteiger partial charge in [0.25, 0.3) is 0 Å². The van der Waals surface area contributed by atoms with Crippen LogP contribution in [0.15, 0.2) is 6.20 Å². The van der Waals surface area contributed by atoms with Crippen LogP contribution in [-0.4, -0.2) is 14.9 Å². The normalized spacial score (nSPS) is 10.9. The van der Waals surface area contributed by atoms with Crippen LogP contribution in [0.2, 0.25) is 0 Å². The molecule has 0 aliphatic rings. The number of hydrogen-bond acceptors (Lipinski definition) is 2. The lowest BCUT2D eigenvalue weighted by Gasteiger charge is -1.99. The third-order valence-corrected chi connectivity index (χ3v) is 1.48. The van der Waals surface area contributed by atoms with E-state index in [0.717, 1.165) is 12.1 Å². The third kappa shape index (κ3) is 1.97. The molecule has 1 N–H and O–H groups in total. The van der Waals surface area contributed by atoms with Crippen LogP contribution >= 0.6 is 0 Å². The maximum atomic E-state index is 9.30. The summed E-state index contributed by atoms with van der Waals surface area (Å²) >= 11 is 0. The monoisotopic (exact) mass is 154 g/mol. The first-order valence-electron chi connectivity index (χ1n) is 3.81. The smallest absolute Gasteiger partial charge is 0.156 e. The molecule has 3 heteroatoms. The molecule has 0 saturated carbocycles. The first kappa shape index (κ1) is 8.11. The molecule has 0 fully saturated rings. The van der Waals surface area contributed by atoms with Crippen molar-refractivity contribution in [1.82, 2.24) is 9.78 Å². The fraction of sp³-hybridized carbons (Fsp3) is 0.625. The molecule has 0 unspecified atom stereocenters. The van der Waals surface area contributed by atoms with Gasteiger partial charge in [-0.25, -0.2) is 0 Å². The second-order valence-corrected chi connectivity index (χ2v) is 3.23. The second kappa shape index (κ2) is 2.95. The third-order valence-electron chi connectivity index (χ3n) is 1.48. The van der Waals surface area contributed by atoms with Gasteiger partial charge in [0.05, 0.1) is 6.20 Å². The van der Waals surface area contributed by atoms with Crippen LogP contribution in [0, 0.1) is 5.92 Å². The van der Waals surface area contributed by atoms with Crippen LogP contribution in [0.4, 0.5) is 0 Å². The van der Waals surface area contributed by atoms with Crippen molar-refractivity contribution in [3.63, 3.8) is 0 Å². The lowest BCUT2D eigenvalue weighted by molar-refractivity contribution is 0.462. The van der Waals surface area contributed by atoms with Crippen molar-refractivity contribution in [3.05, 3.63) is 11.9 Å². The van der Waals surface area contributed by atoms with E-state index in [1.54, 1.807) is 10.9 Å². The Bertz CT molecular complexity index is 240. The number of aromatic nitrogens is 2. The summed E-state index contributed by atoms with van der Waals surface area (Å²) in [5.41, 5.74) is 0.794. The van der Waals surface area contributed by atoms with E-state index in [2.05, 4.69) is 18.9 Å². The molecule has 0 aliphatic carbocycles. The lowest BCUT2D eigenvalue weighted by atomic mass is 10.1. The highest BCUT2D eigenvalue weighted by atomic mass is 16.3. The van der Waals surface area contributed by atoms with E-state index in [9.17, 15) is 5.11 Å². The minimum atomic E-state index is 0.307. The molecule has 1 aromatic rings. The number of aromatic hydroxyl groups is 1. The van der Waals surface area contributed by atoms with Gasteiger partial charge in [0.15, 0.2) is 5.75 Å². The van der Waals surface area contributed by atoms with E-state index in [1.165, 1.54) is 0 Å². The summed E-state index contributed by atoms with van der Waals surface area (Å²) in [4.78, 5) is 0. The summed E-state index contributed by atoms with van der Waals surface area (Å²) < 4.78 is 1.63. The fourth-order valence-corrected chi connectivity index (χ4v) is 1.05. The number of rotatable bonds is 2. The molecule has 0 atom stereocenters. The Morgan fingerprint density at radius 1 is 1.64 bits per heavy atom. The van der Waals surface area contributed by atoms with Crippen molar-refractivity contribution in [1.29, 1.82) is 0 Å². The van der Waals surface area contributed by atoms with Crippen molar-refractivity contribution < 1.29 is 5.11 Å². The molecule has 0 aliphatic heterocycles. The summed E-state index contributed by atoms with van der Waals surface area (Å²) in [5, 5.41) is 13.4. The molecule has 0 amide bonds. The Hall–Kier alpha value is -0.990. The van der Waals surface area contributed by atoms with Crippen molar-refractivity contribution in [3.8, 4) is 5.75 Å². The topological polar surface area (TPSA) is 38.0 Å². The van der Waals surface area contributed by atoms with Crippen LogP contribution < -0.4 is 0 Å². The maximum Gasteiger partial charge on any atom is 0.156 e. The summed E-state index contributed by atoms with van der Waals surface area (Å²) in [7, 11) is 1.81. The van der Waals surface area contributed by atoms with Gasteiger partial charge in [0, 0.05) is 7.05 Å². The minimum absolute atomic E-state index is 0.307. The van der Waals surface area contributed by atoms with Crippen LogP contribution in [0.1, 0.15) is 19.5 Å². The zero-order valence-corrected chi connectivity index (χ0v) is 7.20. The van der Waals surface area contributed by atoms with Crippen molar-refractivity contribution in [2.45, 2.75) is 20.3 Å². The summed E-state index contributed by atoms with van der Waals surface area (Å²) in [6.45, 7) is 4.21. The van der Waals surface area contributed by atoms with Crippen LogP contribution in [0.3, 0.4) is 0 Å². The average Bonchev–Trinajstić information content (AvgIpc) is 2.09. The van der Waals surface area contributed by atoms with Gasteiger partial charge in [-0.15, -0.1) is 0 Å². The van der Waals surface area contributed by atoms with Crippen LogP contribution in [-0.2, 0) is 13.5 Å². The molecule has 0 bridgehead atoms. The first-order valence-corrected chi connectivity index (χ1v) is 3.81. The number of aryl methyl sites for hydroxylation is 1. The summed E-state index contributed by atoms with van der Waals surface area (Å²) in [5.74, 6) is 0.844. The van der Waals surface area contributed by atoms with E-state index in [-0.39, 0.29) is 0 Å². The molecule has 0 saturated heterocycles. The van der Waals surface area contributed by atoms with Crippen molar-refractivity contribution in [2.75, 3.05) is 0 Å². The van der Waals surface area contributed by atoms with Gasteiger partial charge in [-0.1, -0.05) is 13.8 Å². The van der Waals surface area contributed by atoms with E-state index in [1.807, 2.05) is 7.05 Å². The van der Waals surface area contributed by atoms with Gasteiger partial charge in [0.1, 0.15) is 5.69 Å². The van der Waals surface area contributed by atoms with Gasteiger partial charge in [-0.3, -0.25) is 4.68 Å². The molecule has 1 heterocycles. The Balaban J connectivity index is 2.77. The van der Waals surface area contributed by atoms with Crippen LogP contribution in [0.5, 0.6) is 5.75 Å². The highest BCUT2D eigenvalue weighted by Crippen LogP contribution is 2.17.